The fraction of sp³-hybridized carbons (Fsp3) is 0.333. The minimum absolute atomic E-state index is 0.352. The van der Waals surface area contributed by atoms with Gasteiger partial charge in [0.2, 0.25) is 5.95 Å². The first-order valence-electron chi connectivity index (χ1n) is 12.4. The Morgan fingerprint density at radius 3 is 2.37 bits per heavy atom. The maximum atomic E-state index is 13.3. The number of hydrogen-bond donors (Lipinski definition) is 1. The summed E-state index contributed by atoms with van der Waals surface area (Å²) in [6.07, 6.45) is 0. The molecule has 0 radical (unpaired) electrons. The van der Waals surface area contributed by atoms with Crippen LogP contribution in [0.4, 0.5) is 11.6 Å². The number of nitrogens with zero attached hydrogens (tertiary/aromatic N) is 6. The van der Waals surface area contributed by atoms with Crippen LogP contribution in [0.1, 0.15) is 16.7 Å². The molecule has 3 heterocycles. The van der Waals surface area contributed by atoms with Crippen LogP contribution in [0.5, 0.6) is 0 Å². The van der Waals surface area contributed by atoms with Gasteiger partial charge in [-0.1, -0.05) is 47.5 Å². The van der Waals surface area contributed by atoms with Gasteiger partial charge < -0.3 is 15.1 Å². The van der Waals surface area contributed by atoms with E-state index >= 15 is 0 Å². The van der Waals surface area contributed by atoms with Crippen molar-refractivity contribution in [3.63, 3.8) is 0 Å². The van der Waals surface area contributed by atoms with Crippen molar-refractivity contribution in [2.75, 3.05) is 36.4 Å². The van der Waals surface area contributed by atoms with Crippen LogP contribution in [-0.4, -0.2) is 54.9 Å². The SMILES string of the molecule is Cc1ccc(Cn2c(N3CCN(C(=S)Nc4cccc(Cl)c4C)CC3)nc3c2c(=O)n(C)c(=O)n3C)cc1. The lowest BCUT2D eigenvalue weighted by Gasteiger charge is -2.37. The van der Waals surface area contributed by atoms with E-state index < -0.39 is 5.69 Å². The van der Waals surface area contributed by atoms with Crippen molar-refractivity contribution in [2.45, 2.75) is 20.4 Å². The van der Waals surface area contributed by atoms with Gasteiger partial charge in [0.15, 0.2) is 16.3 Å². The Kier molecular flexibility index (Phi) is 7.02. The van der Waals surface area contributed by atoms with E-state index in [9.17, 15) is 9.59 Å². The molecule has 1 aliphatic heterocycles. The molecule has 11 heteroatoms. The molecule has 0 aliphatic carbocycles. The summed E-state index contributed by atoms with van der Waals surface area (Å²) < 4.78 is 4.51. The van der Waals surface area contributed by atoms with E-state index in [0.29, 0.717) is 60.0 Å². The highest BCUT2D eigenvalue weighted by Gasteiger charge is 2.26. The summed E-state index contributed by atoms with van der Waals surface area (Å²) in [6.45, 7) is 7.13. The monoisotopic (exact) mass is 551 g/mol. The van der Waals surface area contributed by atoms with Gasteiger partial charge in [-0.15, -0.1) is 0 Å². The van der Waals surface area contributed by atoms with Gasteiger partial charge in [0.05, 0.1) is 6.54 Å². The number of aryl methyl sites for hydroxylation is 2. The summed E-state index contributed by atoms with van der Waals surface area (Å²) >= 11 is 12.0. The molecule has 1 fully saturated rings. The molecule has 1 N–H and O–H groups in total. The topological polar surface area (TPSA) is 80.3 Å². The molecule has 0 unspecified atom stereocenters. The van der Waals surface area contributed by atoms with E-state index in [2.05, 4.69) is 39.4 Å². The number of aromatic nitrogens is 4. The summed E-state index contributed by atoms with van der Waals surface area (Å²) in [5.74, 6) is 0.670. The first-order valence-corrected chi connectivity index (χ1v) is 13.2. The van der Waals surface area contributed by atoms with Crippen molar-refractivity contribution in [3.05, 3.63) is 85.0 Å². The minimum atomic E-state index is -0.397. The molecule has 0 bridgehead atoms. The Balaban J connectivity index is 1.45. The molecule has 0 amide bonds. The highest BCUT2D eigenvalue weighted by atomic mass is 35.5. The Hall–Kier alpha value is -3.63. The Morgan fingerprint density at radius 1 is 1.00 bits per heavy atom. The lowest BCUT2D eigenvalue weighted by molar-refractivity contribution is 0.386. The summed E-state index contributed by atoms with van der Waals surface area (Å²) in [7, 11) is 3.15. The van der Waals surface area contributed by atoms with Crippen molar-refractivity contribution in [3.8, 4) is 0 Å². The van der Waals surface area contributed by atoms with Gasteiger partial charge in [-0.3, -0.25) is 18.5 Å². The summed E-state index contributed by atoms with van der Waals surface area (Å²) in [5, 5.41) is 4.65. The van der Waals surface area contributed by atoms with Crippen LogP contribution in [0.2, 0.25) is 5.02 Å². The van der Waals surface area contributed by atoms with E-state index in [-0.39, 0.29) is 5.56 Å². The average Bonchev–Trinajstić information content (AvgIpc) is 3.29. The van der Waals surface area contributed by atoms with E-state index in [4.69, 9.17) is 28.8 Å². The summed E-state index contributed by atoms with van der Waals surface area (Å²) in [4.78, 5) is 35.0. The second-order valence-electron chi connectivity index (χ2n) is 9.68. The van der Waals surface area contributed by atoms with Gasteiger partial charge in [0.25, 0.3) is 5.56 Å². The average molecular weight is 552 g/mol. The number of piperazine rings is 1. The van der Waals surface area contributed by atoms with Crippen LogP contribution in [-0.2, 0) is 20.6 Å². The number of rotatable bonds is 4. The molecular formula is C27H30ClN7O2S. The number of anilines is 2. The van der Waals surface area contributed by atoms with Gasteiger partial charge in [0.1, 0.15) is 0 Å². The maximum Gasteiger partial charge on any atom is 0.332 e. The number of imidazole rings is 1. The second kappa shape index (κ2) is 10.3. The number of fused-ring (bicyclic) bond motifs is 1. The van der Waals surface area contributed by atoms with E-state index in [1.54, 1.807) is 7.05 Å². The highest BCUT2D eigenvalue weighted by molar-refractivity contribution is 7.80. The van der Waals surface area contributed by atoms with Crippen molar-refractivity contribution in [1.82, 2.24) is 23.6 Å². The Labute approximate surface area is 230 Å². The number of halogens is 1. The van der Waals surface area contributed by atoms with Gasteiger partial charge in [0, 0.05) is 51.0 Å². The molecule has 1 aliphatic rings. The Morgan fingerprint density at radius 2 is 1.68 bits per heavy atom. The molecular weight excluding hydrogens is 522 g/mol. The van der Waals surface area contributed by atoms with Crippen LogP contribution in [0.25, 0.3) is 11.2 Å². The van der Waals surface area contributed by atoms with E-state index in [1.165, 1.54) is 11.6 Å². The first kappa shape index (κ1) is 26.0. The van der Waals surface area contributed by atoms with Crippen LogP contribution in [0.3, 0.4) is 0 Å². The fourth-order valence-electron chi connectivity index (χ4n) is 4.75. The standard InChI is InChI=1S/C27H30ClN7O2S/c1-17-8-10-19(11-9-17)16-35-22-23(31(3)27(37)32(4)24(22)36)30-25(35)33-12-14-34(15-13-33)26(38)29-21-7-5-6-20(28)18(21)2/h5-11H,12-16H2,1-4H3,(H,29,38). The van der Waals surface area contributed by atoms with Crippen LogP contribution in [0.15, 0.2) is 52.1 Å². The molecule has 198 valence electrons. The maximum absolute atomic E-state index is 13.3. The highest BCUT2D eigenvalue weighted by Crippen LogP contribution is 2.25. The van der Waals surface area contributed by atoms with Gasteiger partial charge in [-0.25, -0.2) is 4.79 Å². The third-order valence-corrected chi connectivity index (χ3v) is 7.92. The quantitative estimate of drug-likeness (QED) is 0.390. The molecule has 9 nitrogen and oxygen atoms in total. The molecule has 0 spiro atoms. The van der Waals surface area contributed by atoms with Crippen LogP contribution < -0.4 is 21.5 Å². The largest absolute Gasteiger partial charge is 0.345 e. The van der Waals surface area contributed by atoms with E-state index in [0.717, 1.165) is 26.9 Å². The molecule has 2 aromatic carbocycles. The lowest BCUT2D eigenvalue weighted by Crippen LogP contribution is -2.50. The number of hydrogen-bond acceptors (Lipinski definition) is 5. The molecule has 1 saturated heterocycles. The summed E-state index contributed by atoms with van der Waals surface area (Å²) in [5.41, 5.74) is 4.11. The molecule has 4 aromatic rings. The lowest BCUT2D eigenvalue weighted by atomic mass is 10.1. The molecule has 2 aromatic heterocycles. The third kappa shape index (κ3) is 4.69. The summed E-state index contributed by atoms with van der Waals surface area (Å²) in [6, 6.07) is 13.9. The zero-order valence-corrected chi connectivity index (χ0v) is 23.4. The van der Waals surface area contributed by atoms with Crippen LogP contribution >= 0.6 is 23.8 Å². The van der Waals surface area contributed by atoms with E-state index in [1.807, 2.05) is 36.6 Å². The predicted octanol–water partition coefficient (Wildman–Crippen LogP) is 3.27. The predicted molar refractivity (Wildman–Crippen MR) is 157 cm³/mol. The second-order valence-corrected chi connectivity index (χ2v) is 10.5. The smallest absolute Gasteiger partial charge is 0.332 e. The van der Waals surface area contributed by atoms with Crippen molar-refractivity contribution in [1.29, 1.82) is 0 Å². The van der Waals surface area contributed by atoms with Crippen molar-refractivity contribution < 1.29 is 0 Å². The van der Waals surface area contributed by atoms with Gasteiger partial charge >= 0.3 is 5.69 Å². The fourth-order valence-corrected chi connectivity index (χ4v) is 5.22. The molecule has 0 saturated carbocycles. The number of nitrogens with one attached hydrogen (secondary N) is 1. The molecule has 0 atom stereocenters. The molecule has 38 heavy (non-hydrogen) atoms. The zero-order chi connectivity index (χ0) is 27.1. The molecule has 5 rings (SSSR count). The first-order chi connectivity index (χ1) is 18.2. The third-order valence-electron chi connectivity index (χ3n) is 7.15. The normalized spacial score (nSPS) is 13.8. The minimum Gasteiger partial charge on any atom is -0.345 e. The van der Waals surface area contributed by atoms with Crippen LogP contribution in [0, 0.1) is 13.8 Å². The van der Waals surface area contributed by atoms with Crippen molar-refractivity contribution in [2.24, 2.45) is 14.1 Å². The van der Waals surface area contributed by atoms with Gasteiger partial charge in [-0.05, 0) is 49.3 Å². The Bertz CT molecular complexity index is 1650. The number of benzene rings is 2. The van der Waals surface area contributed by atoms with Gasteiger partial charge in [-0.2, -0.15) is 4.98 Å². The number of thiocarbonyl (C=S) groups is 1. The van der Waals surface area contributed by atoms with Crippen molar-refractivity contribution >= 4 is 51.7 Å². The zero-order valence-electron chi connectivity index (χ0n) is 21.9.